The van der Waals surface area contributed by atoms with Crippen LogP contribution >= 0.6 is 11.6 Å². The van der Waals surface area contributed by atoms with Crippen LogP contribution in [0.15, 0.2) is 47.1 Å². The van der Waals surface area contributed by atoms with Gasteiger partial charge in [-0.1, -0.05) is 29.8 Å². The summed E-state index contributed by atoms with van der Waals surface area (Å²) in [6, 6.07) is 12.7. The van der Waals surface area contributed by atoms with Gasteiger partial charge < -0.3 is 4.42 Å². The molecule has 1 aromatic heterocycles. The monoisotopic (exact) mass is 261 g/mol. The third-order valence-corrected chi connectivity index (χ3v) is 3.70. The number of halogens is 1. The highest BCUT2D eigenvalue weighted by molar-refractivity contribution is 6.31. The molecule has 3 rings (SSSR count). The fraction of sp³-hybridized carbons (Fsp3) is 0.333. The molecule has 1 fully saturated rings. The molecule has 0 saturated heterocycles. The molecule has 0 N–H and O–H groups in total. The summed E-state index contributed by atoms with van der Waals surface area (Å²) in [6.45, 7) is 1.76. The first-order valence-electron chi connectivity index (χ1n) is 6.33. The molecule has 0 amide bonds. The van der Waals surface area contributed by atoms with E-state index in [4.69, 9.17) is 16.0 Å². The van der Waals surface area contributed by atoms with E-state index in [1.165, 1.54) is 18.4 Å². The number of furan rings is 1. The van der Waals surface area contributed by atoms with Crippen molar-refractivity contribution in [2.45, 2.75) is 32.0 Å². The highest BCUT2D eigenvalue weighted by atomic mass is 35.5. The number of hydrogen-bond donors (Lipinski definition) is 0. The van der Waals surface area contributed by atoms with Crippen LogP contribution in [0.1, 0.15) is 24.2 Å². The lowest BCUT2D eigenvalue weighted by atomic mass is 10.2. The van der Waals surface area contributed by atoms with Gasteiger partial charge in [-0.25, -0.2) is 0 Å². The molecule has 0 atom stereocenters. The van der Waals surface area contributed by atoms with Crippen LogP contribution in [0.4, 0.5) is 0 Å². The lowest BCUT2D eigenvalue weighted by molar-refractivity contribution is 0.225. The van der Waals surface area contributed by atoms with Gasteiger partial charge in [-0.2, -0.15) is 0 Å². The first-order valence-corrected chi connectivity index (χ1v) is 6.70. The van der Waals surface area contributed by atoms with E-state index >= 15 is 0 Å². The maximum atomic E-state index is 6.23. The van der Waals surface area contributed by atoms with Crippen LogP contribution in [0.2, 0.25) is 5.02 Å². The molecule has 0 bridgehead atoms. The first-order chi connectivity index (χ1) is 8.83. The summed E-state index contributed by atoms with van der Waals surface area (Å²) in [5.74, 6) is 1.02. The van der Waals surface area contributed by atoms with E-state index in [0.29, 0.717) is 6.04 Å². The van der Waals surface area contributed by atoms with Crippen LogP contribution in [-0.4, -0.2) is 10.9 Å². The minimum absolute atomic E-state index is 0.686. The van der Waals surface area contributed by atoms with Gasteiger partial charge in [-0.3, -0.25) is 4.90 Å². The van der Waals surface area contributed by atoms with Gasteiger partial charge in [-0.15, -0.1) is 0 Å². The van der Waals surface area contributed by atoms with E-state index < -0.39 is 0 Å². The lowest BCUT2D eigenvalue weighted by Gasteiger charge is -2.21. The van der Waals surface area contributed by atoms with Gasteiger partial charge in [0, 0.05) is 17.6 Å². The molecule has 2 aromatic rings. The van der Waals surface area contributed by atoms with Gasteiger partial charge in [0.1, 0.15) is 5.76 Å². The molecule has 1 aromatic carbocycles. The molecule has 3 heteroatoms. The normalized spacial score (nSPS) is 15.2. The molecular formula is C15H16ClNO. The summed E-state index contributed by atoms with van der Waals surface area (Å²) in [5.41, 5.74) is 1.19. The van der Waals surface area contributed by atoms with E-state index in [2.05, 4.69) is 11.0 Å². The highest BCUT2D eigenvalue weighted by Gasteiger charge is 2.29. The number of nitrogens with zero attached hydrogens (tertiary/aromatic N) is 1. The fourth-order valence-corrected chi connectivity index (χ4v) is 2.40. The third-order valence-electron chi connectivity index (χ3n) is 3.33. The Hall–Kier alpha value is -1.25. The third kappa shape index (κ3) is 2.77. The zero-order valence-corrected chi connectivity index (χ0v) is 10.9. The maximum absolute atomic E-state index is 6.23. The molecule has 0 unspecified atom stereocenters. The van der Waals surface area contributed by atoms with E-state index in [9.17, 15) is 0 Å². The molecule has 94 valence electrons. The van der Waals surface area contributed by atoms with E-state index in [1.54, 1.807) is 6.26 Å². The zero-order valence-electron chi connectivity index (χ0n) is 10.2. The second-order valence-electron chi connectivity index (χ2n) is 4.81. The molecule has 0 aliphatic heterocycles. The van der Waals surface area contributed by atoms with Gasteiger partial charge in [-0.05, 0) is 36.6 Å². The molecule has 18 heavy (non-hydrogen) atoms. The average molecular weight is 262 g/mol. The summed E-state index contributed by atoms with van der Waals surface area (Å²) < 4.78 is 5.44. The topological polar surface area (TPSA) is 16.4 Å². The summed E-state index contributed by atoms with van der Waals surface area (Å²) in [7, 11) is 0. The number of hydrogen-bond acceptors (Lipinski definition) is 2. The van der Waals surface area contributed by atoms with E-state index in [1.807, 2.05) is 30.3 Å². The minimum atomic E-state index is 0.686. The second-order valence-corrected chi connectivity index (χ2v) is 5.21. The molecule has 2 nitrogen and oxygen atoms in total. The van der Waals surface area contributed by atoms with Crippen molar-refractivity contribution in [1.29, 1.82) is 0 Å². The Labute approximate surface area is 112 Å². The van der Waals surface area contributed by atoms with Crippen molar-refractivity contribution in [3.63, 3.8) is 0 Å². The van der Waals surface area contributed by atoms with Crippen molar-refractivity contribution >= 4 is 11.6 Å². The average Bonchev–Trinajstić information content (AvgIpc) is 3.10. The summed E-state index contributed by atoms with van der Waals surface area (Å²) in [6.07, 6.45) is 4.30. The van der Waals surface area contributed by atoms with Crippen LogP contribution < -0.4 is 0 Å². The Morgan fingerprint density at radius 3 is 2.61 bits per heavy atom. The summed E-state index contributed by atoms with van der Waals surface area (Å²) in [5, 5.41) is 0.850. The van der Waals surface area contributed by atoms with Crippen LogP contribution in [0.25, 0.3) is 0 Å². The van der Waals surface area contributed by atoms with Crippen LogP contribution in [-0.2, 0) is 13.1 Å². The number of benzene rings is 1. The summed E-state index contributed by atoms with van der Waals surface area (Å²) in [4.78, 5) is 2.44. The predicted octanol–water partition coefficient (Wildman–Crippen LogP) is 4.10. The maximum Gasteiger partial charge on any atom is 0.117 e. The van der Waals surface area contributed by atoms with Gasteiger partial charge in [0.15, 0.2) is 0 Å². The molecular weight excluding hydrogens is 246 g/mol. The largest absolute Gasteiger partial charge is 0.468 e. The Morgan fingerprint density at radius 2 is 1.94 bits per heavy atom. The molecule has 1 heterocycles. The Balaban J connectivity index is 1.73. The van der Waals surface area contributed by atoms with Gasteiger partial charge in [0.05, 0.1) is 12.8 Å². The van der Waals surface area contributed by atoms with Crippen LogP contribution in [0.3, 0.4) is 0 Å². The Bertz CT molecular complexity index is 505. The molecule has 1 saturated carbocycles. The van der Waals surface area contributed by atoms with Crippen molar-refractivity contribution in [3.05, 3.63) is 59.0 Å². The first kappa shape index (κ1) is 11.8. The smallest absolute Gasteiger partial charge is 0.117 e. The standard InChI is InChI=1S/C15H16ClNO/c16-15-6-2-1-4-12(15)10-17(13-7-8-13)11-14-5-3-9-18-14/h1-6,9,13H,7-8,10-11H2. The van der Waals surface area contributed by atoms with Crippen molar-refractivity contribution in [1.82, 2.24) is 4.90 Å². The Kier molecular flexibility index (Phi) is 3.39. The quantitative estimate of drug-likeness (QED) is 0.806. The molecule has 1 aliphatic carbocycles. The number of rotatable bonds is 5. The van der Waals surface area contributed by atoms with Crippen molar-refractivity contribution < 1.29 is 4.42 Å². The zero-order chi connectivity index (χ0) is 12.4. The SMILES string of the molecule is Clc1ccccc1CN(Cc1ccco1)C1CC1. The predicted molar refractivity (Wildman–Crippen MR) is 72.4 cm³/mol. The molecule has 0 spiro atoms. The molecule has 0 radical (unpaired) electrons. The Morgan fingerprint density at radius 1 is 1.11 bits per heavy atom. The minimum Gasteiger partial charge on any atom is -0.468 e. The van der Waals surface area contributed by atoms with Gasteiger partial charge >= 0.3 is 0 Å². The molecule has 1 aliphatic rings. The van der Waals surface area contributed by atoms with Crippen LogP contribution in [0.5, 0.6) is 0 Å². The second kappa shape index (κ2) is 5.17. The fourth-order valence-electron chi connectivity index (χ4n) is 2.20. The van der Waals surface area contributed by atoms with Gasteiger partial charge in [0.25, 0.3) is 0 Å². The van der Waals surface area contributed by atoms with Crippen molar-refractivity contribution in [2.24, 2.45) is 0 Å². The summed E-state index contributed by atoms with van der Waals surface area (Å²) >= 11 is 6.23. The van der Waals surface area contributed by atoms with Crippen molar-refractivity contribution in [2.75, 3.05) is 0 Å². The van der Waals surface area contributed by atoms with E-state index in [-0.39, 0.29) is 0 Å². The van der Waals surface area contributed by atoms with E-state index in [0.717, 1.165) is 23.9 Å². The van der Waals surface area contributed by atoms with Gasteiger partial charge in [0.2, 0.25) is 0 Å². The van der Waals surface area contributed by atoms with Crippen LogP contribution in [0, 0.1) is 0 Å². The van der Waals surface area contributed by atoms with Crippen molar-refractivity contribution in [3.8, 4) is 0 Å². The lowest BCUT2D eigenvalue weighted by Crippen LogP contribution is -2.24. The highest BCUT2D eigenvalue weighted by Crippen LogP contribution is 2.31.